The lowest BCUT2D eigenvalue weighted by molar-refractivity contribution is -0.146. The summed E-state index contributed by atoms with van der Waals surface area (Å²) < 4.78 is 4.77. The Kier molecular flexibility index (Phi) is 6.70. The third-order valence-electron chi connectivity index (χ3n) is 1.97. The van der Waals surface area contributed by atoms with Gasteiger partial charge in [0, 0.05) is 0 Å². The molecule has 0 radical (unpaired) electrons. The lowest BCUT2D eigenvalue weighted by atomic mass is 10.1. The largest absolute Gasteiger partial charge is 0.480 e. The average Bonchev–Trinajstić information content (AvgIpc) is 2.17. The second-order valence-electron chi connectivity index (χ2n) is 3.32. The van der Waals surface area contributed by atoms with E-state index >= 15 is 0 Å². The Labute approximate surface area is 89.8 Å². The number of carbonyl (C=O) groups is 2. The molecule has 0 saturated carbocycles. The minimum absolute atomic E-state index is 0.302. The Hall–Kier alpha value is -1.10. The van der Waals surface area contributed by atoms with Crippen LogP contribution in [-0.2, 0) is 14.3 Å². The highest BCUT2D eigenvalue weighted by atomic mass is 16.5. The van der Waals surface area contributed by atoms with Gasteiger partial charge in [0.15, 0.2) is 0 Å². The van der Waals surface area contributed by atoms with Crippen LogP contribution in [0.5, 0.6) is 0 Å². The molecule has 0 aliphatic heterocycles. The van der Waals surface area contributed by atoms with Crippen LogP contribution < -0.4 is 5.32 Å². The van der Waals surface area contributed by atoms with Crippen LogP contribution in [0.3, 0.4) is 0 Å². The number of hydrogen-bond donors (Lipinski definition) is 2. The van der Waals surface area contributed by atoms with Gasteiger partial charge in [-0.3, -0.25) is 14.9 Å². The highest BCUT2D eigenvalue weighted by molar-refractivity contribution is 5.78. The van der Waals surface area contributed by atoms with E-state index in [1.807, 2.05) is 6.92 Å². The Morgan fingerprint density at radius 3 is 2.40 bits per heavy atom. The molecule has 0 rings (SSSR count). The summed E-state index contributed by atoms with van der Waals surface area (Å²) in [4.78, 5) is 22.0. The van der Waals surface area contributed by atoms with E-state index in [4.69, 9.17) is 9.84 Å². The molecule has 0 aromatic rings. The van der Waals surface area contributed by atoms with Gasteiger partial charge in [0.05, 0.1) is 6.61 Å². The molecule has 0 amide bonds. The Balaban J connectivity index is 4.15. The van der Waals surface area contributed by atoms with Crippen molar-refractivity contribution >= 4 is 11.9 Å². The fourth-order valence-electron chi connectivity index (χ4n) is 1.20. The minimum Gasteiger partial charge on any atom is -0.480 e. The zero-order chi connectivity index (χ0) is 11.8. The van der Waals surface area contributed by atoms with Gasteiger partial charge in [-0.05, 0) is 20.3 Å². The van der Waals surface area contributed by atoms with Crippen molar-refractivity contribution in [2.45, 2.75) is 45.7 Å². The van der Waals surface area contributed by atoms with Crippen LogP contribution in [0.4, 0.5) is 0 Å². The molecule has 2 N–H and O–H groups in total. The summed E-state index contributed by atoms with van der Waals surface area (Å²) in [5.74, 6) is -1.35. The highest BCUT2D eigenvalue weighted by Gasteiger charge is 2.22. The molecule has 0 unspecified atom stereocenters. The number of rotatable bonds is 7. The van der Waals surface area contributed by atoms with Crippen molar-refractivity contribution in [3.05, 3.63) is 0 Å². The monoisotopic (exact) mass is 217 g/mol. The number of hydrogen-bond acceptors (Lipinski definition) is 4. The summed E-state index contributed by atoms with van der Waals surface area (Å²) in [5.41, 5.74) is 0. The number of esters is 1. The van der Waals surface area contributed by atoms with Gasteiger partial charge in [0.1, 0.15) is 12.1 Å². The number of aliphatic carboxylic acids is 1. The van der Waals surface area contributed by atoms with Crippen LogP contribution in [0.15, 0.2) is 0 Å². The fraction of sp³-hybridized carbons (Fsp3) is 0.800. The highest BCUT2D eigenvalue weighted by Crippen LogP contribution is 1.99. The molecule has 0 spiro atoms. The standard InChI is InChI=1S/C10H19NO4/c1-4-6-8(9(12)13)11-7(3)10(14)15-5-2/h7-8,11H,4-6H2,1-3H3,(H,12,13)/t7-,8-/m0/s1. The molecular formula is C10H19NO4. The lowest BCUT2D eigenvalue weighted by Gasteiger charge is -2.18. The van der Waals surface area contributed by atoms with Crippen LogP contribution >= 0.6 is 0 Å². The maximum atomic E-state index is 11.2. The van der Waals surface area contributed by atoms with Crippen LogP contribution in [0.25, 0.3) is 0 Å². The summed E-state index contributed by atoms with van der Waals surface area (Å²) in [7, 11) is 0. The zero-order valence-corrected chi connectivity index (χ0v) is 9.45. The zero-order valence-electron chi connectivity index (χ0n) is 9.45. The van der Waals surface area contributed by atoms with E-state index in [1.165, 1.54) is 0 Å². The first-order chi connectivity index (χ1) is 7.02. The van der Waals surface area contributed by atoms with E-state index in [1.54, 1.807) is 13.8 Å². The molecule has 0 bridgehead atoms. The van der Waals surface area contributed by atoms with Crippen molar-refractivity contribution in [2.75, 3.05) is 6.61 Å². The van der Waals surface area contributed by atoms with Gasteiger partial charge in [-0.1, -0.05) is 13.3 Å². The molecule has 5 heteroatoms. The first-order valence-electron chi connectivity index (χ1n) is 5.18. The normalized spacial score (nSPS) is 14.3. The van der Waals surface area contributed by atoms with Crippen LogP contribution in [0.2, 0.25) is 0 Å². The van der Waals surface area contributed by atoms with Gasteiger partial charge >= 0.3 is 11.9 Å². The Morgan fingerprint density at radius 2 is 2.00 bits per heavy atom. The Bertz CT molecular complexity index is 217. The minimum atomic E-state index is -0.937. The molecule has 2 atom stereocenters. The molecule has 0 fully saturated rings. The number of nitrogens with one attached hydrogen (secondary N) is 1. The number of carbonyl (C=O) groups excluding carboxylic acids is 1. The third-order valence-corrected chi connectivity index (χ3v) is 1.97. The summed E-state index contributed by atoms with van der Waals surface area (Å²) in [6.45, 7) is 5.51. The number of carboxylic acid groups (broad SMARTS) is 1. The van der Waals surface area contributed by atoms with E-state index < -0.39 is 24.0 Å². The van der Waals surface area contributed by atoms with Crippen molar-refractivity contribution in [1.82, 2.24) is 5.32 Å². The lowest BCUT2D eigenvalue weighted by Crippen LogP contribution is -2.46. The molecule has 0 saturated heterocycles. The predicted molar refractivity (Wildman–Crippen MR) is 55.6 cm³/mol. The van der Waals surface area contributed by atoms with E-state index in [0.29, 0.717) is 13.0 Å². The molecule has 0 aromatic heterocycles. The van der Waals surface area contributed by atoms with Gasteiger partial charge in [-0.2, -0.15) is 0 Å². The summed E-state index contributed by atoms with van der Waals surface area (Å²) in [5, 5.41) is 11.6. The number of ether oxygens (including phenoxy) is 1. The first-order valence-corrected chi connectivity index (χ1v) is 5.18. The van der Waals surface area contributed by atoms with Crippen LogP contribution in [0, 0.1) is 0 Å². The molecule has 0 aliphatic carbocycles. The second kappa shape index (κ2) is 7.23. The molecule has 0 aliphatic rings. The molecular weight excluding hydrogens is 198 g/mol. The van der Waals surface area contributed by atoms with Gasteiger partial charge in [0.2, 0.25) is 0 Å². The Morgan fingerprint density at radius 1 is 1.40 bits per heavy atom. The van der Waals surface area contributed by atoms with Crippen molar-refractivity contribution in [3.8, 4) is 0 Å². The molecule has 0 heterocycles. The van der Waals surface area contributed by atoms with Gasteiger partial charge in [-0.15, -0.1) is 0 Å². The number of carboxylic acids is 1. The fourth-order valence-corrected chi connectivity index (χ4v) is 1.20. The first kappa shape index (κ1) is 13.9. The summed E-state index contributed by atoms with van der Waals surface area (Å²) >= 11 is 0. The van der Waals surface area contributed by atoms with E-state index in [0.717, 1.165) is 6.42 Å². The molecule has 15 heavy (non-hydrogen) atoms. The van der Waals surface area contributed by atoms with E-state index in [-0.39, 0.29) is 0 Å². The third kappa shape index (κ3) is 5.37. The van der Waals surface area contributed by atoms with E-state index in [9.17, 15) is 9.59 Å². The van der Waals surface area contributed by atoms with Gasteiger partial charge in [-0.25, -0.2) is 0 Å². The molecule has 88 valence electrons. The van der Waals surface area contributed by atoms with Crippen molar-refractivity contribution < 1.29 is 19.4 Å². The summed E-state index contributed by atoms with van der Waals surface area (Å²) in [6.07, 6.45) is 1.25. The average molecular weight is 217 g/mol. The maximum Gasteiger partial charge on any atom is 0.322 e. The maximum absolute atomic E-state index is 11.2. The molecule has 5 nitrogen and oxygen atoms in total. The van der Waals surface area contributed by atoms with E-state index in [2.05, 4.69) is 5.32 Å². The quantitative estimate of drug-likeness (QED) is 0.616. The predicted octanol–water partition coefficient (Wildman–Crippen LogP) is 0.781. The smallest absolute Gasteiger partial charge is 0.322 e. The van der Waals surface area contributed by atoms with Crippen molar-refractivity contribution in [1.29, 1.82) is 0 Å². The topological polar surface area (TPSA) is 75.6 Å². The summed E-state index contributed by atoms with van der Waals surface area (Å²) in [6, 6.07) is -1.27. The van der Waals surface area contributed by atoms with Crippen molar-refractivity contribution in [2.24, 2.45) is 0 Å². The van der Waals surface area contributed by atoms with Crippen LogP contribution in [-0.4, -0.2) is 35.7 Å². The van der Waals surface area contributed by atoms with Crippen molar-refractivity contribution in [3.63, 3.8) is 0 Å². The molecule has 0 aromatic carbocycles. The van der Waals surface area contributed by atoms with Crippen LogP contribution in [0.1, 0.15) is 33.6 Å². The second-order valence-corrected chi connectivity index (χ2v) is 3.32. The van der Waals surface area contributed by atoms with Gasteiger partial charge < -0.3 is 9.84 Å². The SMILES string of the molecule is CCC[C@H](N[C@@H](C)C(=O)OCC)C(=O)O. The van der Waals surface area contributed by atoms with Gasteiger partial charge in [0.25, 0.3) is 0 Å².